The molecule has 3 N–H and O–H groups in total. The number of carbonyl (C=O) groups is 1. The number of sulfonamides is 1. The van der Waals surface area contributed by atoms with Gasteiger partial charge in [-0.2, -0.15) is 0 Å². The summed E-state index contributed by atoms with van der Waals surface area (Å²) in [7, 11) is -3.55. The fourth-order valence-electron chi connectivity index (χ4n) is 3.53. The van der Waals surface area contributed by atoms with E-state index in [0.29, 0.717) is 30.4 Å². The van der Waals surface area contributed by atoms with Crippen molar-refractivity contribution >= 4 is 21.8 Å². The average molecular weight is 364 g/mol. The summed E-state index contributed by atoms with van der Waals surface area (Å²) >= 11 is 0. The lowest BCUT2D eigenvalue weighted by atomic mass is 10.1. The van der Waals surface area contributed by atoms with Crippen LogP contribution in [0.3, 0.4) is 0 Å². The molecule has 3 unspecified atom stereocenters. The molecule has 3 atom stereocenters. The summed E-state index contributed by atoms with van der Waals surface area (Å²) < 4.78 is 26.7. The molecule has 1 amide bonds. The number of amidine groups is 1. The first kappa shape index (κ1) is 17.9. The minimum atomic E-state index is -3.55. The predicted molar refractivity (Wildman–Crippen MR) is 95.7 cm³/mol. The summed E-state index contributed by atoms with van der Waals surface area (Å²) in [6.45, 7) is 5.13. The van der Waals surface area contributed by atoms with Crippen LogP contribution < -0.4 is 10.5 Å². The van der Waals surface area contributed by atoms with Gasteiger partial charge in [0.05, 0.1) is 10.9 Å². The normalized spacial score (nSPS) is 27.2. The Morgan fingerprint density at radius 1 is 1.44 bits per heavy atom. The van der Waals surface area contributed by atoms with Gasteiger partial charge in [0.25, 0.3) is 10.0 Å². The van der Waals surface area contributed by atoms with Crippen LogP contribution in [0.4, 0.5) is 0 Å². The molecule has 2 aliphatic heterocycles. The monoisotopic (exact) mass is 364 g/mol. The summed E-state index contributed by atoms with van der Waals surface area (Å²) in [4.78, 5) is 19.1. The molecule has 3 rings (SSSR count). The van der Waals surface area contributed by atoms with Gasteiger partial charge in [0, 0.05) is 24.6 Å². The molecule has 1 aromatic carbocycles. The van der Waals surface area contributed by atoms with Crippen molar-refractivity contribution in [3.8, 4) is 0 Å². The summed E-state index contributed by atoms with van der Waals surface area (Å²) in [5.74, 6) is 0.703. The van der Waals surface area contributed by atoms with Gasteiger partial charge in [-0.25, -0.2) is 8.42 Å². The summed E-state index contributed by atoms with van der Waals surface area (Å²) in [6, 6.07) is 6.58. The Kier molecular flexibility index (Phi) is 4.83. The number of carbonyl (C=O) groups excluding carboxylic acids is 1. The van der Waals surface area contributed by atoms with Gasteiger partial charge in [0.15, 0.2) is 0 Å². The highest BCUT2D eigenvalue weighted by molar-refractivity contribution is 7.90. The number of fused-ring (bicyclic) bond motifs is 1. The van der Waals surface area contributed by atoms with E-state index in [4.69, 9.17) is 5.73 Å². The molecule has 0 spiro atoms. The maximum Gasteiger partial charge on any atom is 0.263 e. The van der Waals surface area contributed by atoms with Gasteiger partial charge in [-0.3, -0.25) is 14.5 Å². The standard InChI is InChI=1S/C17H24N4O3S/c1-11(7-16(22)21-10-13(9-18)8-12(21)2)19-17-14-5-3-4-6-15(14)25(23,24)20-17/h3-6,11-13H,7-10,18H2,1-2H3,(H,19,20). The molecule has 1 aromatic rings. The van der Waals surface area contributed by atoms with Crippen LogP contribution in [0.1, 0.15) is 32.3 Å². The van der Waals surface area contributed by atoms with E-state index in [9.17, 15) is 13.2 Å². The maximum absolute atomic E-state index is 12.6. The van der Waals surface area contributed by atoms with Crippen LogP contribution in [-0.2, 0) is 14.8 Å². The molecule has 2 heterocycles. The van der Waals surface area contributed by atoms with Crippen LogP contribution in [0.25, 0.3) is 0 Å². The summed E-state index contributed by atoms with van der Waals surface area (Å²) in [5, 5.41) is 0. The molecule has 0 saturated carbocycles. The van der Waals surface area contributed by atoms with E-state index in [1.807, 2.05) is 18.7 Å². The predicted octanol–water partition coefficient (Wildman–Crippen LogP) is 0.699. The molecule has 0 bridgehead atoms. The van der Waals surface area contributed by atoms with Crippen molar-refractivity contribution in [3.63, 3.8) is 0 Å². The zero-order valence-corrected chi connectivity index (χ0v) is 15.3. The Morgan fingerprint density at radius 3 is 2.84 bits per heavy atom. The highest BCUT2D eigenvalue weighted by atomic mass is 32.2. The van der Waals surface area contributed by atoms with Crippen LogP contribution >= 0.6 is 0 Å². The van der Waals surface area contributed by atoms with E-state index in [0.717, 1.165) is 6.42 Å². The first-order valence-electron chi connectivity index (χ1n) is 8.51. The Labute approximate surface area is 148 Å². The number of aliphatic imine (C=N–C) groups is 1. The van der Waals surface area contributed by atoms with Gasteiger partial charge in [-0.05, 0) is 44.9 Å². The first-order chi connectivity index (χ1) is 11.8. The number of amides is 1. The molecule has 0 radical (unpaired) electrons. The van der Waals surface area contributed by atoms with E-state index < -0.39 is 10.0 Å². The molecule has 0 aromatic heterocycles. The number of hydrogen-bond acceptors (Lipinski definition) is 5. The van der Waals surface area contributed by atoms with Crippen LogP contribution in [0, 0.1) is 5.92 Å². The van der Waals surface area contributed by atoms with Crippen molar-refractivity contribution in [2.45, 2.75) is 43.7 Å². The largest absolute Gasteiger partial charge is 0.340 e. The van der Waals surface area contributed by atoms with Crippen molar-refractivity contribution in [2.75, 3.05) is 13.1 Å². The number of nitrogens with zero attached hydrogens (tertiary/aromatic N) is 2. The molecular formula is C17H24N4O3S. The lowest BCUT2D eigenvalue weighted by Crippen LogP contribution is -2.36. The third kappa shape index (κ3) is 3.55. The smallest absolute Gasteiger partial charge is 0.263 e. The third-order valence-corrected chi connectivity index (χ3v) is 6.19. The number of nitrogens with two attached hydrogens (primary N) is 1. The Balaban J connectivity index is 1.72. The Morgan fingerprint density at radius 2 is 2.16 bits per heavy atom. The number of nitrogens with one attached hydrogen (secondary N) is 1. The molecule has 1 fully saturated rings. The number of hydrogen-bond donors (Lipinski definition) is 2. The van der Waals surface area contributed by atoms with Crippen molar-refractivity contribution in [2.24, 2.45) is 16.6 Å². The van der Waals surface area contributed by atoms with E-state index in [1.165, 1.54) is 0 Å². The summed E-state index contributed by atoms with van der Waals surface area (Å²) in [5.41, 5.74) is 6.27. The number of likely N-dealkylation sites (tertiary alicyclic amines) is 1. The Hall–Kier alpha value is -1.93. The maximum atomic E-state index is 12.6. The highest BCUT2D eigenvalue weighted by Crippen LogP contribution is 2.25. The lowest BCUT2D eigenvalue weighted by Gasteiger charge is -2.22. The van der Waals surface area contributed by atoms with Gasteiger partial charge in [-0.15, -0.1) is 0 Å². The van der Waals surface area contributed by atoms with Gasteiger partial charge in [-0.1, -0.05) is 12.1 Å². The minimum Gasteiger partial charge on any atom is -0.340 e. The second-order valence-electron chi connectivity index (χ2n) is 6.87. The number of benzene rings is 1. The van der Waals surface area contributed by atoms with Crippen LogP contribution in [-0.4, -0.2) is 50.2 Å². The van der Waals surface area contributed by atoms with Crippen molar-refractivity contribution in [1.29, 1.82) is 0 Å². The van der Waals surface area contributed by atoms with Gasteiger partial charge in [0.1, 0.15) is 5.84 Å². The molecule has 7 nitrogen and oxygen atoms in total. The van der Waals surface area contributed by atoms with Gasteiger partial charge < -0.3 is 10.6 Å². The van der Waals surface area contributed by atoms with Crippen LogP contribution in [0.5, 0.6) is 0 Å². The van der Waals surface area contributed by atoms with Crippen molar-refractivity contribution in [3.05, 3.63) is 29.8 Å². The van der Waals surface area contributed by atoms with Crippen molar-refractivity contribution < 1.29 is 13.2 Å². The zero-order chi connectivity index (χ0) is 18.2. The third-order valence-electron chi connectivity index (χ3n) is 4.80. The van der Waals surface area contributed by atoms with Crippen molar-refractivity contribution in [1.82, 2.24) is 9.62 Å². The second-order valence-corrected chi connectivity index (χ2v) is 8.52. The van der Waals surface area contributed by atoms with E-state index in [2.05, 4.69) is 9.71 Å². The average Bonchev–Trinajstić information content (AvgIpc) is 3.06. The molecule has 0 aliphatic carbocycles. The molecule has 8 heteroatoms. The van der Waals surface area contributed by atoms with Gasteiger partial charge >= 0.3 is 0 Å². The highest BCUT2D eigenvalue weighted by Gasteiger charge is 2.33. The fourth-order valence-corrected chi connectivity index (χ4v) is 4.77. The lowest BCUT2D eigenvalue weighted by molar-refractivity contribution is -0.132. The topological polar surface area (TPSA) is 105 Å². The molecule has 1 saturated heterocycles. The first-order valence-corrected chi connectivity index (χ1v) is 9.99. The number of rotatable bonds is 4. The molecular weight excluding hydrogens is 340 g/mol. The van der Waals surface area contributed by atoms with Gasteiger partial charge in [0.2, 0.25) is 5.91 Å². The molecule has 136 valence electrons. The van der Waals surface area contributed by atoms with E-state index in [-0.39, 0.29) is 29.3 Å². The quantitative estimate of drug-likeness (QED) is 0.820. The summed E-state index contributed by atoms with van der Waals surface area (Å²) in [6.07, 6.45) is 1.17. The molecule has 25 heavy (non-hydrogen) atoms. The molecule has 2 aliphatic rings. The van der Waals surface area contributed by atoms with Crippen LogP contribution in [0.15, 0.2) is 34.2 Å². The van der Waals surface area contributed by atoms with Crippen LogP contribution in [0.2, 0.25) is 0 Å². The Bertz CT molecular complexity index is 806. The minimum absolute atomic E-state index is 0.0365. The SMILES string of the molecule is CC(CC(=O)N1CC(CN)CC1C)N=C1NS(=O)(=O)c2ccccc21. The van der Waals surface area contributed by atoms with E-state index in [1.54, 1.807) is 24.3 Å². The second kappa shape index (κ2) is 6.76. The van der Waals surface area contributed by atoms with E-state index >= 15 is 0 Å². The fraction of sp³-hybridized carbons (Fsp3) is 0.529. The zero-order valence-electron chi connectivity index (χ0n) is 14.5.